The van der Waals surface area contributed by atoms with Gasteiger partial charge in [0.15, 0.2) is 11.3 Å². The van der Waals surface area contributed by atoms with Crippen molar-refractivity contribution in [3.05, 3.63) is 41.1 Å². The Balaban J connectivity index is 1.32. The molecule has 44 heavy (non-hydrogen) atoms. The van der Waals surface area contributed by atoms with Gasteiger partial charge in [0.1, 0.15) is 5.69 Å². The highest BCUT2D eigenvalue weighted by Gasteiger charge is 2.49. The van der Waals surface area contributed by atoms with Gasteiger partial charge in [-0.15, -0.1) is 0 Å². The maximum Gasteiger partial charge on any atom is 0.394 e. The van der Waals surface area contributed by atoms with Crippen LogP contribution in [-0.2, 0) is 4.74 Å². The van der Waals surface area contributed by atoms with Gasteiger partial charge in [0.05, 0.1) is 61.4 Å². The Kier molecular flexibility index (Phi) is 7.49. The monoisotopic (exact) mass is 626 g/mol. The minimum absolute atomic E-state index is 0.00339. The highest BCUT2D eigenvalue weighted by Crippen LogP contribution is 2.44. The van der Waals surface area contributed by atoms with Crippen LogP contribution in [0.4, 0.5) is 26.7 Å². The maximum absolute atomic E-state index is 14.3. The molecular weight excluding hydrogens is 595 g/mol. The molecule has 12 nitrogen and oxygen atoms in total. The number of urea groups is 1. The number of alkyl halides is 5. The van der Waals surface area contributed by atoms with Crippen LogP contribution in [0.15, 0.2) is 23.1 Å². The lowest BCUT2D eigenvalue weighted by Crippen LogP contribution is -2.58. The molecule has 3 aromatic heterocycles. The van der Waals surface area contributed by atoms with Gasteiger partial charge >= 0.3 is 12.2 Å². The van der Waals surface area contributed by atoms with Gasteiger partial charge in [-0.2, -0.15) is 18.3 Å². The molecular formula is C27H31F5N8O4. The fraction of sp³-hybridized carbons (Fsp3) is 0.630. The summed E-state index contributed by atoms with van der Waals surface area (Å²) < 4.78 is 82.3. The smallest absolute Gasteiger partial charge is 0.376 e. The minimum atomic E-state index is -4.60. The van der Waals surface area contributed by atoms with Gasteiger partial charge in [-0.05, 0) is 43.3 Å². The van der Waals surface area contributed by atoms with Crippen molar-refractivity contribution < 1.29 is 40.9 Å². The van der Waals surface area contributed by atoms with E-state index in [1.807, 2.05) is 0 Å². The zero-order chi connectivity index (χ0) is 31.4. The second-order valence-electron chi connectivity index (χ2n) is 12.3. The minimum Gasteiger partial charge on any atom is -0.376 e. The summed E-state index contributed by atoms with van der Waals surface area (Å²) in [5, 5.41) is 16.6. The van der Waals surface area contributed by atoms with Gasteiger partial charge in [0, 0.05) is 11.5 Å². The van der Waals surface area contributed by atoms with E-state index >= 15 is 0 Å². The first-order valence-corrected chi connectivity index (χ1v) is 14.3. The van der Waals surface area contributed by atoms with Crippen LogP contribution in [0.2, 0.25) is 0 Å². The van der Waals surface area contributed by atoms with Crippen LogP contribution >= 0.6 is 0 Å². The van der Waals surface area contributed by atoms with E-state index in [1.165, 1.54) is 23.0 Å². The van der Waals surface area contributed by atoms with E-state index < -0.39 is 61.0 Å². The van der Waals surface area contributed by atoms with Crippen molar-refractivity contribution in [2.75, 3.05) is 19.7 Å². The molecule has 0 radical (unpaired) electrons. The summed E-state index contributed by atoms with van der Waals surface area (Å²) in [5.41, 5.74) is -1.37. The van der Waals surface area contributed by atoms with Crippen molar-refractivity contribution in [1.82, 2.24) is 40.4 Å². The van der Waals surface area contributed by atoms with Crippen molar-refractivity contribution in [3.8, 4) is 0 Å². The van der Waals surface area contributed by atoms with Gasteiger partial charge in [-0.25, -0.2) is 27.7 Å². The van der Waals surface area contributed by atoms with Crippen LogP contribution < -0.4 is 10.6 Å². The molecule has 0 bridgehead atoms. The lowest BCUT2D eigenvalue weighted by atomic mass is 9.84. The van der Waals surface area contributed by atoms with Gasteiger partial charge < -0.3 is 20.3 Å². The predicted molar refractivity (Wildman–Crippen MR) is 141 cm³/mol. The molecule has 238 valence electrons. The number of nitrogens with zero attached hydrogens (tertiary/aromatic N) is 6. The Labute approximate surface area is 247 Å². The first kappa shape index (κ1) is 30.1. The standard InChI is InChI=1S/C27H31F5N8O4/c1-25(2,27(30,31)32)8-17(36-23(41)22-21(14-3-4-14)37-44-38-22)18-10-40-20(35-18)7-15(9-34-40)19(11-43-16-5-6-16)39-13-26(28,29)12-33-24(39)42/h7,9-10,14,16-17,19H,3-6,8,11-13H2,1-2H3,(H,33,42)(H,36,41)/t17-,19+/m0/s1. The number of aromatic nitrogens is 5. The SMILES string of the molecule is CC(C)(C[C@H](NC(=O)c1nonc1C1CC1)c1cn2ncc([C@@H](COC3CC3)N3CC(F)(F)CNC3=O)cc2n1)C(F)(F)F. The summed E-state index contributed by atoms with van der Waals surface area (Å²) in [7, 11) is 0. The lowest BCUT2D eigenvalue weighted by molar-refractivity contribution is -0.215. The van der Waals surface area contributed by atoms with E-state index in [0.717, 1.165) is 44.4 Å². The first-order valence-electron chi connectivity index (χ1n) is 14.3. The van der Waals surface area contributed by atoms with Crippen LogP contribution in [0, 0.1) is 5.41 Å². The third-order valence-electron chi connectivity index (χ3n) is 8.13. The maximum atomic E-state index is 14.3. The molecule has 6 rings (SSSR count). The number of hydrogen-bond acceptors (Lipinski definition) is 8. The molecule has 2 atom stereocenters. The number of rotatable bonds is 11. The molecule has 3 aliphatic rings. The first-order chi connectivity index (χ1) is 20.7. The Bertz CT molecular complexity index is 1550. The Morgan fingerprint density at radius 2 is 1.98 bits per heavy atom. The van der Waals surface area contributed by atoms with E-state index in [9.17, 15) is 31.5 Å². The number of carbonyl (C=O) groups is 2. The molecule has 3 aromatic rings. The van der Waals surface area contributed by atoms with E-state index in [2.05, 4.69) is 31.0 Å². The largest absolute Gasteiger partial charge is 0.394 e. The Morgan fingerprint density at radius 3 is 2.66 bits per heavy atom. The van der Waals surface area contributed by atoms with Crippen molar-refractivity contribution in [3.63, 3.8) is 0 Å². The molecule has 4 heterocycles. The highest BCUT2D eigenvalue weighted by molar-refractivity contribution is 5.93. The summed E-state index contributed by atoms with van der Waals surface area (Å²) in [6.07, 6.45) is 0.805. The van der Waals surface area contributed by atoms with Crippen molar-refractivity contribution in [2.45, 2.75) is 82.2 Å². The average molecular weight is 627 g/mol. The lowest BCUT2D eigenvalue weighted by Gasteiger charge is -2.38. The van der Waals surface area contributed by atoms with Crippen molar-refractivity contribution in [1.29, 1.82) is 0 Å². The summed E-state index contributed by atoms with van der Waals surface area (Å²) in [6.45, 7) is 0.369. The van der Waals surface area contributed by atoms with Crippen molar-refractivity contribution >= 4 is 17.6 Å². The molecule has 0 spiro atoms. The predicted octanol–water partition coefficient (Wildman–Crippen LogP) is 4.32. The third-order valence-corrected chi connectivity index (χ3v) is 8.13. The summed E-state index contributed by atoms with van der Waals surface area (Å²) >= 11 is 0. The van der Waals surface area contributed by atoms with Crippen LogP contribution in [0.25, 0.3) is 5.65 Å². The average Bonchev–Trinajstić information content (AvgIpc) is 3.87. The summed E-state index contributed by atoms with van der Waals surface area (Å²) in [4.78, 5) is 31.3. The zero-order valence-corrected chi connectivity index (χ0v) is 23.9. The molecule has 1 aliphatic heterocycles. The van der Waals surface area contributed by atoms with Gasteiger partial charge in [-0.1, -0.05) is 19.0 Å². The van der Waals surface area contributed by atoms with E-state index in [1.54, 1.807) is 0 Å². The number of nitrogens with one attached hydrogen (secondary N) is 2. The number of hydrogen-bond donors (Lipinski definition) is 2. The fourth-order valence-corrected chi connectivity index (χ4v) is 5.08. The van der Waals surface area contributed by atoms with E-state index in [4.69, 9.17) is 9.37 Å². The molecule has 0 aromatic carbocycles. The molecule has 3 fully saturated rings. The Morgan fingerprint density at radius 1 is 1.23 bits per heavy atom. The number of imidazole rings is 1. The summed E-state index contributed by atoms with van der Waals surface area (Å²) in [5.74, 6) is -3.92. The molecule has 3 amide bonds. The molecule has 2 aliphatic carbocycles. The number of fused-ring (bicyclic) bond motifs is 1. The van der Waals surface area contributed by atoms with E-state index in [-0.39, 0.29) is 35.7 Å². The fourth-order valence-electron chi connectivity index (χ4n) is 5.08. The van der Waals surface area contributed by atoms with Gasteiger partial charge in [-0.3, -0.25) is 4.79 Å². The number of ether oxygens (including phenoxy) is 1. The molecule has 2 N–H and O–H groups in total. The van der Waals surface area contributed by atoms with Crippen LogP contribution in [0.1, 0.15) is 91.4 Å². The highest BCUT2D eigenvalue weighted by atomic mass is 19.4. The second-order valence-corrected chi connectivity index (χ2v) is 12.3. The molecule has 17 heteroatoms. The Hall–Kier alpha value is -3.89. The normalized spacial score (nSPS) is 20.4. The van der Waals surface area contributed by atoms with Crippen LogP contribution in [-0.4, -0.2) is 79.6 Å². The van der Waals surface area contributed by atoms with Crippen molar-refractivity contribution in [2.24, 2.45) is 5.41 Å². The topological polar surface area (TPSA) is 140 Å². The third kappa shape index (κ3) is 6.32. The van der Waals surface area contributed by atoms with Gasteiger partial charge in [0.2, 0.25) is 0 Å². The quantitative estimate of drug-likeness (QED) is 0.300. The van der Waals surface area contributed by atoms with Gasteiger partial charge in [0.25, 0.3) is 11.8 Å². The van der Waals surface area contributed by atoms with E-state index in [0.29, 0.717) is 11.3 Å². The molecule has 1 saturated heterocycles. The zero-order valence-electron chi connectivity index (χ0n) is 23.9. The molecule has 0 unspecified atom stereocenters. The second kappa shape index (κ2) is 10.9. The number of carbonyl (C=O) groups excluding carboxylic acids is 2. The number of halogens is 5. The van der Waals surface area contributed by atoms with Crippen LogP contribution in [0.5, 0.6) is 0 Å². The molecule has 2 saturated carbocycles. The summed E-state index contributed by atoms with van der Waals surface area (Å²) in [6, 6.07) is -1.33. The number of amides is 3. The van der Waals surface area contributed by atoms with Crippen LogP contribution in [0.3, 0.4) is 0 Å².